The van der Waals surface area contributed by atoms with E-state index in [4.69, 9.17) is 11.6 Å². The number of aliphatic hydroxyl groups is 5. The summed E-state index contributed by atoms with van der Waals surface area (Å²) in [6, 6.07) is 7.72. The van der Waals surface area contributed by atoms with E-state index in [-0.39, 0.29) is 24.7 Å². The smallest absolute Gasteiger partial charge is 0.323 e. The maximum atomic E-state index is 10.5. The number of tetrazole rings is 1. The fraction of sp³-hybridized carbons (Fsp3) is 0.364. The Hall–Kier alpha value is -2.93. The van der Waals surface area contributed by atoms with E-state index in [1.54, 1.807) is 6.92 Å². The molecule has 1 aliphatic carbocycles. The number of hydrogen-bond donors (Lipinski definition) is 6. The van der Waals surface area contributed by atoms with Crippen molar-refractivity contribution in [3.8, 4) is 11.4 Å². The Morgan fingerprint density at radius 2 is 1.94 bits per heavy atom. The topological polar surface area (TPSA) is 173 Å². The van der Waals surface area contributed by atoms with E-state index in [2.05, 4.69) is 25.6 Å². The molecular weight excluding hydrogens is 464 g/mol. The molecule has 0 saturated heterocycles. The molecule has 2 heterocycles. The van der Waals surface area contributed by atoms with Crippen LogP contribution in [0, 0.1) is 0 Å². The molecule has 2 aromatic heterocycles. The number of nitrogens with zero attached hydrogens (tertiary/aromatic N) is 5. The van der Waals surface area contributed by atoms with Gasteiger partial charge in [-0.25, -0.2) is 4.98 Å². The molecule has 0 amide bonds. The fourth-order valence-corrected chi connectivity index (χ4v) is 4.47. The average Bonchev–Trinajstić information content (AvgIpc) is 3.42. The van der Waals surface area contributed by atoms with E-state index in [1.165, 1.54) is 0 Å². The van der Waals surface area contributed by atoms with Crippen LogP contribution in [0.4, 0.5) is 0 Å². The summed E-state index contributed by atoms with van der Waals surface area (Å²) in [6.07, 6.45) is 6.70. The Balaban J connectivity index is 1.63. The van der Waals surface area contributed by atoms with Crippen LogP contribution in [0.2, 0.25) is 5.15 Å². The molecule has 180 valence electrons. The molecule has 0 spiro atoms. The van der Waals surface area contributed by atoms with Crippen molar-refractivity contribution in [2.75, 3.05) is 0 Å². The zero-order valence-corrected chi connectivity index (χ0v) is 19.1. The maximum Gasteiger partial charge on any atom is 0.323 e. The summed E-state index contributed by atoms with van der Waals surface area (Å²) in [4.78, 5) is 3.91. The van der Waals surface area contributed by atoms with E-state index >= 15 is 0 Å². The minimum atomic E-state index is -3.32. The maximum absolute atomic E-state index is 10.5. The molecule has 1 aliphatic rings. The van der Waals surface area contributed by atoms with Crippen molar-refractivity contribution in [3.63, 3.8) is 0 Å². The first kappa shape index (κ1) is 24.2. The Labute approximate surface area is 199 Å². The van der Waals surface area contributed by atoms with Gasteiger partial charge in [-0.15, -0.1) is 10.2 Å². The molecule has 1 atom stereocenters. The third-order valence-corrected chi connectivity index (χ3v) is 5.93. The van der Waals surface area contributed by atoms with Crippen LogP contribution in [0.1, 0.15) is 49.2 Å². The quantitative estimate of drug-likeness (QED) is 0.256. The van der Waals surface area contributed by atoms with Gasteiger partial charge in [-0.3, -0.25) is 0 Å². The van der Waals surface area contributed by atoms with Crippen LogP contribution in [-0.2, 0) is 18.3 Å². The number of nitrogens with one attached hydrogen (secondary N) is 1. The van der Waals surface area contributed by atoms with Gasteiger partial charge in [-0.1, -0.05) is 67.4 Å². The lowest BCUT2D eigenvalue weighted by molar-refractivity contribution is -0.327. The fourth-order valence-electron chi connectivity index (χ4n) is 4.16. The Morgan fingerprint density at radius 3 is 2.56 bits per heavy atom. The summed E-state index contributed by atoms with van der Waals surface area (Å²) in [5.41, 5.74) is 2.03. The molecule has 3 aromatic rings. The highest BCUT2D eigenvalue weighted by Crippen LogP contribution is 2.36. The summed E-state index contributed by atoms with van der Waals surface area (Å²) < 4.78 is 1.11. The summed E-state index contributed by atoms with van der Waals surface area (Å²) in [6.45, 7) is 1.72. The number of hydrogen-bond acceptors (Lipinski definition) is 9. The van der Waals surface area contributed by atoms with Gasteiger partial charge in [0.2, 0.25) is 11.6 Å². The van der Waals surface area contributed by atoms with Gasteiger partial charge in [0, 0.05) is 24.4 Å². The van der Waals surface area contributed by atoms with Crippen molar-refractivity contribution in [1.82, 2.24) is 30.2 Å². The Bertz CT molecular complexity index is 1210. The molecule has 34 heavy (non-hydrogen) atoms. The van der Waals surface area contributed by atoms with Crippen LogP contribution in [-0.4, -0.2) is 55.7 Å². The lowest BCUT2D eigenvalue weighted by Gasteiger charge is -2.25. The predicted octanol–water partition coefficient (Wildman–Crippen LogP) is 1.41. The highest BCUT2D eigenvalue weighted by Gasteiger charge is 2.39. The van der Waals surface area contributed by atoms with Crippen LogP contribution in [0.25, 0.3) is 11.4 Å². The highest BCUT2D eigenvalue weighted by atomic mass is 35.5. The summed E-state index contributed by atoms with van der Waals surface area (Å²) >= 11 is 6.04. The average molecular weight is 489 g/mol. The van der Waals surface area contributed by atoms with Crippen molar-refractivity contribution in [1.29, 1.82) is 0 Å². The number of imidazole rings is 1. The van der Waals surface area contributed by atoms with Crippen molar-refractivity contribution < 1.29 is 25.5 Å². The summed E-state index contributed by atoms with van der Waals surface area (Å²) in [5, 5.41) is 64.4. The third kappa shape index (κ3) is 4.80. The molecule has 11 nitrogen and oxygen atoms in total. The van der Waals surface area contributed by atoms with E-state index in [1.807, 2.05) is 42.5 Å². The number of halogens is 1. The number of allylic oxidation sites excluding steroid dienone is 4. The lowest BCUT2D eigenvalue weighted by atomic mass is 9.87. The minimum absolute atomic E-state index is 0.0197. The first-order valence-corrected chi connectivity index (χ1v) is 11.1. The standard InChI is InChI=1S/C22H25ClN6O5/c1-2-11-21(30,31)20-24-18(23)17(22(32,33)34)29(20)12-13-7-9-14(10-8-13)15-5-3-4-6-16(15)19-25-27-28-26-19/h3-9,14,30-34H,2,10-12H2,1H3,(H,25,26,27,28). The van der Waals surface area contributed by atoms with Gasteiger partial charge >= 0.3 is 5.97 Å². The van der Waals surface area contributed by atoms with E-state index < -0.39 is 22.6 Å². The van der Waals surface area contributed by atoms with Gasteiger partial charge in [0.15, 0.2) is 11.0 Å². The van der Waals surface area contributed by atoms with Crippen LogP contribution < -0.4 is 0 Å². The molecule has 12 heteroatoms. The Kier molecular flexibility index (Phi) is 6.67. The third-order valence-electron chi connectivity index (χ3n) is 5.66. The second kappa shape index (κ2) is 9.37. The largest absolute Gasteiger partial charge is 0.360 e. The number of H-pyrrole nitrogens is 1. The second-order valence-corrected chi connectivity index (χ2v) is 8.52. The van der Waals surface area contributed by atoms with E-state index in [9.17, 15) is 25.5 Å². The van der Waals surface area contributed by atoms with Crippen LogP contribution >= 0.6 is 11.6 Å². The molecule has 1 unspecified atom stereocenters. The lowest BCUT2D eigenvalue weighted by Crippen LogP contribution is -2.33. The van der Waals surface area contributed by atoms with Crippen LogP contribution in [0.15, 0.2) is 48.1 Å². The number of rotatable bonds is 8. The molecule has 0 saturated carbocycles. The van der Waals surface area contributed by atoms with Gasteiger partial charge < -0.3 is 30.1 Å². The van der Waals surface area contributed by atoms with E-state index in [0.717, 1.165) is 21.3 Å². The van der Waals surface area contributed by atoms with Crippen LogP contribution in [0.5, 0.6) is 0 Å². The Morgan fingerprint density at radius 1 is 1.18 bits per heavy atom. The molecule has 1 aromatic carbocycles. The molecule has 6 N–H and O–H groups in total. The van der Waals surface area contributed by atoms with Gasteiger partial charge in [0.1, 0.15) is 5.69 Å². The zero-order valence-electron chi connectivity index (χ0n) is 18.3. The SMILES string of the molecule is CCCC(O)(O)c1nc(Cl)c(C(O)(O)O)n1CC1=CCC(c2ccccc2-c2nn[nH]n2)C=C1. The predicted molar refractivity (Wildman–Crippen MR) is 121 cm³/mol. The monoisotopic (exact) mass is 488 g/mol. The van der Waals surface area contributed by atoms with Crippen molar-refractivity contribution in [2.24, 2.45) is 0 Å². The van der Waals surface area contributed by atoms with Crippen LogP contribution in [0.3, 0.4) is 0 Å². The molecule has 0 bridgehead atoms. The van der Waals surface area contributed by atoms with Crippen molar-refractivity contribution in [2.45, 2.75) is 50.4 Å². The number of aromatic nitrogens is 6. The van der Waals surface area contributed by atoms with Gasteiger partial charge in [0.25, 0.3) is 0 Å². The van der Waals surface area contributed by atoms with Crippen molar-refractivity contribution in [3.05, 3.63) is 70.3 Å². The zero-order chi connectivity index (χ0) is 24.5. The summed E-state index contributed by atoms with van der Waals surface area (Å²) in [7, 11) is 0. The molecule has 0 aliphatic heterocycles. The highest BCUT2D eigenvalue weighted by molar-refractivity contribution is 6.30. The van der Waals surface area contributed by atoms with E-state index in [0.29, 0.717) is 18.7 Å². The van der Waals surface area contributed by atoms with Gasteiger partial charge in [0.05, 0.1) is 0 Å². The summed E-state index contributed by atoms with van der Waals surface area (Å²) in [5.74, 6) is -5.49. The molecular formula is C22H25ClN6O5. The molecule has 0 fully saturated rings. The normalized spacial score (nSPS) is 16.7. The number of aromatic amines is 1. The first-order valence-electron chi connectivity index (χ1n) is 10.7. The number of benzene rings is 1. The van der Waals surface area contributed by atoms with Crippen molar-refractivity contribution >= 4 is 11.6 Å². The second-order valence-electron chi connectivity index (χ2n) is 8.17. The first-order chi connectivity index (χ1) is 16.1. The molecule has 0 radical (unpaired) electrons. The van der Waals surface area contributed by atoms with Gasteiger partial charge in [-0.05, 0) is 22.8 Å². The van der Waals surface area contributed by atoms with Gasteiger partial charge in [-0.2, -0.15) is 5.21 Å². The molecule has 4 rings (SSSR count). The minimum Gasteiger partial charge on any atom is -0.360 e.